The van der Waals surface area contributed by atoms with E-state index in [0.717, 1.165) is 24.5 Å². The van der Waals surface area contributed by atoms with Gasteiger partial charge in [-0.15, -0.1) is 18.8 Å². The number of ether oxygens (including phenoxy) is 2. The molecule has 1 aromatic rings. The van der Waals surface area contributed by atoms with Crippen LogP contribution < -0.4 is 9.47 Å². The fraction of sp³-hybridized carbons (Fsp3) is 0.467. The highest BCUT2D eigenvalue weighted by Crippen LogP contribution is 2.37. The van der Waals surface area contributed by atoms with Crippen molar-refractivity contribution >= 4 is 12.4 Å². The summed E-state index contributed by atoms with van der Waals surface area (Å²) in [7, 11) is 3.33. The molecule has 0 aliphatic carbocycles. The van der Waals surface area contributed by atoms with Crippen LogP contribution in [-0.4, -0.2) is 32.2 Å². The van der Waals surface area contributed by atoms with Crippen molar-refractivity contribution in [1.29, 1.82) is 0 Å². The monoisotopic (exact) mass is 281 g/mol. The maximum Gasteiger partial charge on any atom is 0.161 e. The SMILES string of the molecule is C#CCN1CCc2cc(OC)c(OC)cc2C1C.Cl. The first-order valence-corrected chi connectivity index (χ1v) is 6.13. The van der Waals surface area contributed by atoms with Crippen LogP contribution in [0.1, 0.15) is 24.1 Å². The van der Waals surface area contributed by atoms with E-state index in [4.69, 9.17) is 15.9 Å². The lowest BCUT2D eigenvalue weighted by molar-refractivity contribution is 0.223. The average Bonchev–Trinajstić information content (AvgIpc) is 2.41. The third-order valence-corrected chi connectivity index (χ3v) is 3.61. The zero-order valence-corrected chi connectivity index (χ0v) is 12.4. The number of halogens is 1. The van der Waals surface area contributed by atoms with Crippen molar-refractivity contribution < 1.29 is 9.47 Å². The van der Waals surface area contributed by atoms with E-state index < -0.39 is 0 Å². The number of hydrogen-bond acceptors (Lipinski definition) is 3. The third-order valence-electron chi connectivity index (χ3n) is 3.61. The summed E-state index contributed by atoms with van der Waals surface area (Å²) in [6.45, 7) is 3.87. The van der Waals surface area contributed by atoms with E-state index in [9.17, 15) is 0 Å². The molecule has 1 heterocycles. The van der Waals surface area contributed by atoms with Gasteiger partial charge in [0.2, 0.25) is 0 Å². The predicted molar refractivity (Wildman–Crippen MR) is 79.3 cm³/mol. The van der Waals surface area contributed by atoms with Gasteiger partial charge in [0.1, 0.15) is 0 Å². The van der Waals surface area contributed by atoms with Crippen molar-refractivity contribution in [2.24, 2.45) is 0 Å². The Balaban J connectivity index is 0.00000180. The first-order chi connectivity index (χ1) is 8.71. The molecule has 0 spiro atoms. The van der Waals surface area contributed by atoms with Crippen LogP contribution in [0.4, 0.5) is 0 Å². The number of rotatable bonds is 3. The standard InChI is InChI=1S/C15H19NO2.ClH/c1-5-7-16-8-6-12-9-14(17-3)15(18-4)10-13(12)11(16)2;/h1,9-11H,6-8H2,2-4H3;1H. The molecule has 0 aromatic heterocycles. The number of benzene rings is 1. The van der Waals surface area contributed by atoms with Crippen molar-refractivity contribution in [3.05, 3.63) is 23.3 Å². The lowest BCUT2D eigenvalue weighted by Crippen LogP contribution is -2.34. The predicted octanol–water partition coefficient (Wildman–Crippen LogP) is 2.68. The Morgan fingerprint density at radius 2 is 1.95 bits per heavy atom. The maximum atomic E-state index is 5.41. The summed E-state index contributed by atoms with van der Waals surface area (Å²) in [5, 5.41) is 0. The van der Waals surface area contributed by atoms with Gasteiger partial charge in [-0.3, -0.25) is 4.90 Å². The highest BCUT2D eigenvalue weighted by atomic mass is 35.5. The summed E-state index contributed by atoms with van der Waals surface area (Å²) >= 11 is 0. The minimum atomic E-state index is 0. The second-order valence-corrected chi connectivity index (χ2v) is 4.51. The molecule has 0 amide bonds. The zero-order valence-electron chi connectivity index (χ0n) is 11.6. The second kappa shape index (κ2) is 6.70. The molecule has 19 heavy (non-hydrogen) atoms. The van der Waals surface area contributed by atoms with E-state index in [0.29, 0.717) is 12.6 Å². The summed E-state index contributed by atoms with van der Waals surface area (Å²) < 4.78 is 10.7. The molecule has 2 rings (SSSR count). The minimum absolute atomic E-state index is 0. The molecule has 1 unspecified atom stereocenters. The van der Waals surface area contributed by atoms with Gasteiger partial charge in [-0.25, -0.2) is 0 Å². The minimum Gasteiger partial charge on any atom is -0.493 e. The highest BCUT2D eigenvalue weighted by Gasteiger charge is 2.25. The lowest BCUT2D eigenvalue weighted by Gasteiger charge is -2.34. The molecule has 4 heteroatoms. The fourth-order valence-corrected chi connectivity index (χ4v) is 2.53. The molecular formula is C15H20ClNO2. The average molecular weight is 282 g/mol. The quantitative estimate of drug-likeness (QED) is 0.795. The second-order valence-electron chi connectivity index (χ2n) is 4.51. The Morgan fingerprint density at radius 3 is 2.53 bits per heavy atom. The van der Waals surface area contributed by atoms with Crippen LogP contribution in [0.3, 0.4) is 0 Å². The molecule has 3 nitrogen and oxygen atoms in total. The summed E-state index contributed by atoms with van der Waals surface area (Å²) in [6.07, 6.45) is 6.41. The van der Waals surface area contributed by atoms with E-state index in [1.807, 2.05) is 0 Å². The number of hydrogen-bond donors (Lipinski definition) is 0. The van der Waals surface area contributed by atoms with Crippen molar-refractivity contribution in [3.63, 3.8) is 0 Å². The van der Waals surface area contributed by atoms with Crippen molar-refractivity contribution in [2.75, 3.05) is 27.3 Å². The van der Waals surface area contributed by atoms with Gasteiger partial charge in [0.25, 0.3) is 0 Å². The fourth-order valence-electron chi connectivity index (χ4n) is 2.53. The normalized spacial score (nSPS) is 17.9. The molecule has 1 aliphatic heterocycles. The van der Waals surface area contributed by atoms with Crippen molar-refractivity contribution in [3.8, 4) is 23.8 Å². The Kier molecular flexibility index (Phi) is 5.53. The molecule has 1 atom stereocenters. The first kappa shape index (κ1) is 15.7. The molecule has 0 bridgehead atoms. The van der Waals surface area contributed by atoms with Gasteiger partial charge in [-0.1, -0.05) is 5.92 Å². The van der Waals surface area contributed by atoms with Gasteiger partial charge in [0, 0.05) is 12.6 Å². The van der Waals surface area contributed by atoms with E-state index in [1.165, 1.54) is 11.1 Å². The van der Waals surface area contributed by atoms with Gasteiger partial charge in [0.15, 0.2) is 11.5 Å². The van der Waals surface area contributed by atoms with Crippen LogP contribution in [-0.2, 0) is 6.42 Å². The van der Waals surface area contributed by atoms with Gasteiger partial charge < -0.3 is 9.47 Å². The smallest absolute Gasteiger partial charge is 0.161 e. The Morgan fingerprint density at radius 1 is 1.32 bits per heavy atom. The number of nitrogens with zero attached hydrogens (tertiary/aromatic N) is 1. The number of methoxy groups -OCH3 is 2. The van der Waals surface area contributed by atoms with Crippen molar-refractivity contribution in [2.45, 2.75) is 19.4 Å². The lowest BCUT2D eigenvalue weighted by atomic mass is 9.93. The first-order valence-electron chi connectivity index (χ1n) is 6.13. The topological polar surface area (TPSA) is 21.7 Å². The van der Waals surface area contributed by atoms with Crippen LogP contribution in [0.5, 0.6) is 11.5 Å². The van der Waals surface area contributed by atoms with Gasteiger partial charge in [-0.05, 0) is 36.6 Å². The molecule has 0 radical (unpaired) electrons. The van der Waals surface area contributed by atoms with Gasteiger partial charge in [0.05, 0.1) is 20.8 Å². The summed E-state index contributed by atoms with van der Waals surface area (Å²) in [5.41, 5.74) is 2.61. The largest absolute Gasteiger partial charge is 0.493 e. The van der Waals surface area contributed by atoms with E-state index >= 15 is 0 Å². The van der Waals surface area contributed by atoms with Crippen LogP contribution in [0, 0.1) is 12.3 Å². The van der Waals surface area contributed by atoms with Gasteiger partial charge >= 0.3 is 0 Å². The van der Waals surface area contributed by atoms with Crippen LogP contribution >= 0.6 is 12.4 Å². The van der Waals surface area contributed by atoms with Gasteiger partial charge in [-0.2, -0.15) is 0 Å². The highest BCUT2D eigenvalue weighted by molar-refractivity contribution is 5.85. The molecule has 104 valence electrons. The maximum absolute atomic E-state index is 5.41. The summed E-state index contributed by atoms with van der Waals surface area (Å²) in [5.74, 6) is 4.30. The number of fused-ring (bicyclic) bond motifs is 1. The molecule has 0 saturated carbocycles. The third kappa shape index (κ3) is 2.97. The van der Waals surface area contributed by atoms with Crippen molar-refractivity contribution in [1.82, 2.24) is 4.90 Å². The molecular weight excluding hydrogens is 262 g/mol. The van der Waals surface area contributed by atoms with E-state index in [2.05, 4.69) is 29.9 Å². The van der Waals surface area contributed by atoms with Crippen LogP contribution in [0.2, 0.25) is 0 Å². The number of terminal acetylenes is 1. The van der Waals surface area contributed by atoms with Crippen LogP contribution in [0.15, 0.2) is 12.1 Å². The Labute approximate surface area is 121 Å². The van der Waals surface area contributed by atoms with Crippen LogP contribution in [0.25, 0.3) is 0 Å². The molecule has 0 fully saturated rings. The molecule has 1 aromatic carbocycles. The Bertz CT molecular complexity index is 482. The zero-order chi connectivity index (χ0) is 13.1. The Hall–Kier alpha value is -1.37. The molecule has 0 N–H and O–H groups in total. The van der Waals surface area contributed by atoms with E-state index in [-0.39, 0.29) is 12.4 Å². The molecule has 1 aliphatic rings. The molecule has 0 saturated heterocycles. The summed E-state index contributed by atoms with van der Waals surface area (Å²) in [4.78, 5) is 2.30. The van der Waals surface area contributed by atoms with E-state index in [1.54, 1.807) is 14.2 Å². The summed E-state index contributed by atoms with van der Waals surface area (Å²) in [6, 6.07) is 4.48.